The number of aliphatic carboxylic acids is 1. The third-order valence-corrected chi connectivity index (χ3v) is 5.07. The molecule has 0 radical (unpaired) electrons. The summed E-state index contributed by atoms with van der Waals surface area (Å²) >= 11 is 0. The van der Waals surface area contributed by atoms with Gasteiger partial charge in [-0.2, -0.15) is 13.2 Å². The first-order valence-corrected chi connectivity index (χ1v) is 10.5. The van der Waals surface area contributed by atoms with E-state index in [-0.39, 0.29) is 31.3 Å². The van der Waals surface area contributed by atoms with Crippen molar-refractivity contribution < 1.29 is 42.8 Å². The van der Waals surface area contributed by atoms with E-state index in [0.29, 0.717) is 12.8 Å². The summed E-state index contributed by atoms with van der Waals surface area (Å²) in [7, 11) is 0. The van der Waals surface area contributed by atoms with Crippen LogP contribution >= 0.6 is 0 Å². The summed E-state index contributed by atoms with van der Waals surface area (Å²) in [4.78, 5) is 10.5. The second-order valence-electron chi connectivity index (χ2n) is 7.66. The van der Waals surface area contributed by atoms with Crippen molar-refractivity contribution in [1.29, 1.82) is 0 Å². The number of aliphatic hydroxyl groups excluding tert-OH is 2. The highest BCUT2D eigenvalue weighted by molar-refractivity contribution is 5.66. The van der Waals surface area contributed by atoms with Crippen LogP contribution in [0.2, 0.25) is 0 Å². The van der Waals surface area contributed by atoms with Crippen LogP contribution in [-0.4, -0.2) is 52.8 Å². The van der Waals surface area contributed by atoms with E-state index in [2.05, 4.69) is 0 Å². The first kappa shape index (κ1) is 25.9. The van der Waals surface area contributed by atoms with Crippen LogP contribution in [0.25, 0.3) is 0 Å². The number of unbranched alkanes of at least 4 members (excludes halogenated alkanes) is 2. The van der Waals surface area contributed by atoms with Gasteiger partial charge >= 0.3 is 12.1 Å². The van der Waals surface area contributed by atoms with E-state index >= 15 is 0 Å². The lowest BCUT2D eigenvalue weighted by molar-refractivity contribution is -0.138. The van der Waals surface area contributed by atoms with Crippen molar-refractivity contribution in [2.45, 2.75) is 56.6 Å². The van der Waals surface area contributed by atoms with Crippen molar-refractivity contribution >= 4 is 5.97 Å². The number of rotatable bonds is 12. The van der Waals surface area contributed by atoms with Crippen LogP contribution in [-0.2, 0) is 15.7 Å². The Morgan fingerprint density at radius 1 is 1.28 bits per heavy atom. The molecule has 0 unspecified atom stereocenters. The molecule has 9 heteroatoms. The topological polar surface area (TPSA) is 96.2 Å². The standard InChI is InChI=1S/C23H29F3O6/c24-23(25,26)16-7-6-8-18(13-16)31-14-17(27)11-12-21-19(20(28)15-32-21)9-4-2-1-3-5-10-22(29)30/h2,4,6-8,11-13,17,19-21,27-28H,1,3,5,9-10,14-15H2,(H,29,30)/b4-2-,12-11+/t17-,19-,20-,21+/m0/s1. The third-order valence-electron chi connectivity index (χ3n) is 5.07. The van der Waals surface area contributed by atoms with Crippen LogP contribution in [0.4, 0.5) is 13.2 Å². The Balaban J connectivity index is 1.78. The number of alkyl halides is 3. The van der Waals surface area contributed by atoms with Gasteiger partial charge in [0, 0.05) is 12.3 Å². The molecule has 0 aliphatic carbocycles. The van der Waals surface area contributed by atoms with Gasteiger partial charge < -0.3 is 24.8 Å². The highest BCUT2D eigenvalue weighted by Gasteiger charge is 2.33. The van der Waals surface area contributed by atoms with Crippen molar-refractivity contribution in [2.24, 2.45) is 5.92 Å². The number of halogens is 3. The Kier molecular flexibility index (Phi) is 10.2. The van der Waals surface area contributed by atoms with Crippen molar-refractivity contribution in [1.82, 2.24) is 0 Å². The van der Waals surface area contributed by atoms with Crippen LogP contribution in [0.3, 0.4) is 0 Å². The molecule has 0 amide bonds. The highest BCUT2D eigenvalue weighted by Crippen LogP contribution is 2.31. The first-order valence-electron chi connectivity index (χ1n) is 10.5. The van der Waals surface area contributed by atoms with E-state index < -0.39 is 36.0 Å². The fourth-order valence-electron chi connectivity index (χ4n) is 3.31. The molecule has 1 aliphatic rings. The van der Waals surface area contributed by atoms with Crippen LogP contribution in [0.15, 0.2) is 48.6 Å². The molecule has 1 heterocycles. The normalized spacial score (nSPS) is 22.6. The van der Waals surface area contributed by atoms with Gasteiger partial charge in [-0.05, 0) is 43.9 Å². The van der Waals surface area contributed by atoms with Gasteiger partial charge in [-0.25, -0.2) is 0 Å². The fourth-order valence-corrected chi connectivity index (χ4v) is 3.31. The molecule has 0 saturated carbocycles. The summed E-state index contributed by atoms with van der Waals surface area (Å²) in [5, 5.41) is 28.8. The van der Waals surface area contributed by atoms with E-state index in [1.807, 2.05) is 12.2 Å². The predicted octanol–water partition coefficient (Wildman–Crippen LogP) is 3.97. The molecule has 0 spiro atoms. The van der Waals surface area contributed by atoms with Gasteiger partial charge in [-0.15, -0.1) is 0 Å². The fraction of sp³-hybridized carbons (Fsp3) is 0.522. The van der Waals surface area contributed by atoms with E-state index in [1.165, 1.54) is 18.2 Å². The zero-order chi connectivity index (χ0) is 23.6. The summed E-state index contributed by atoms with van der Waals surface area (Å²) in [6.45, 7) is -0.0586. The first-order chi connectivity index (χ1) is 15.2. The second kappa shape index (κ2) is 12.6. The molecular weight excluding hydrogens is 429 g/mol. The molecule has 3 N–H and O–H groups in total. The highest BCUT2D eigenvalue weighted by atomic mass is 19.4. The Labute approximate surface area is 185 Å². The zero-order valence-electron chi connectivity index (χ0n) is 17.6. The minimum atomic E-state index is -4.47. The number of aliphatic hydroxyl groups is 2. The maximum atomic E-state index is 12.7. The summed E-state index contributed by atoms with van der Waals surface area (Å²) in [6, 6.07) is 4.43. The van der Waals surface area contributed by atoms with Crippen molar-refractivity contribution in [3.05, 3.63) is 54.1 Å². The molecule has 6 nitrogen and oxygen atoms in total. The second-order valence-corrected chi connectivity index (χ2v) is 7.66. The predicted molar refractivity (Wildman–Crippen MR) is 111 cm³/mol. The molecule has 1 fully saturated rings. The summed E-state index contributed by atoms with van der Waals surface area (Å²) in [5.41, 5.74) is -0.828. The maximum Gasteiger partial charge on any atom is 0.416 e. The molecule has 0 bridgehead atoms. The SMILES string of the molecule is O=C(O)CCCC/C=C\C[C@H]1[C@@H](O)CO[C@@H]1/C=C/[C@H](O)COc1cccc(C(F)(F)F)c1. The minimum absolute atomic E-state index is 0.00572. The average molecular weight is 458 g/mol. The van der Waals surface area contributed by atoms with E-state index in [1.54, 1.807) is 6.08 Å². The van der Waals surface area contributed by atoms with Crippen molar-refractivity contribution in [3.8, 4) is 5.75 Å². The molecular formula is C23H29F3O6. The summed E-state index contributed by atoms with van der Waals surface area (Å²) in [5.74, 6) is -0.999. The van der Waals surface area contributed by atoms with Gasteiger partial charge in [0.25, 0.3) is 0 Å². The van der Waals surface area contributed by atoms with Gasteiger partial charge in [-0.3, -0.25) is 4.79 Å². The van der Waals surface area contributed by atoms with Crippen molar-refractivity contribution in [2.75, 3.05) is 13.2 Å². The van der Waals surface area contributed by atoms with Gasteiger partial charge in [-0.1, -0.05) is 30.4 Å². The summed E-state index contributed by atoms with van der Waals surface area (Å²) < 4.78 is 49.0. The Bertz CT molecular complexity index is 777. The number of carbonyl (C=O) groups is 1. The van der Waals surface area contributed by atoms with Gasteiger partial charge in [0.1, 0.15) is 18.5 Å². The molecule has 1 aliphatic heterocycles. The monoisotopic (exact) mass is 458 g/mol. The Hall–Kier alpha value is -2.36. The molecule has 178 valence electrons. The number of allylic oxidation sites excluding steroid dienone is 2. The molecule has 0 aromatic heterocycles. The molecule has 4 atom stereocenters. The van der Waals surface area contributed by atoms with Gasteiger partial charge in [0.05, 0.1) is 24.4 Å². The molecule has 1 aromatic rings. The number of carboxylic acids is 1. The number of benzene rings is 1. The molecule has 2 rings (SSSR count). The van der Waals surface area contributed by atoms with Crippen molar-refractivity contribution in [3.63, 3.8) is 0 Å². The van der Waals surface area contributed by atoms with Crippen LogP contribution in [0.1, 0.15) is 37.7 Å². The zero-order valence-corrected chi connectivity index (χ0v) is 17.6. The average Bonchev–Trinajstić information content (AvgIpc) is 3.09. The van der Waals surface area contributed by atoms with E-state index in [4.69, 9.17) is 14.6 Å². The lowest BCUT2D eigenvalue weighted by atomic mass is 9.94. The van der Waals surface area contributed by atoms with Crippen LogP contribution in [0, 0.1) is 5.92 Å². The Morgan fingerprint density at radius 2 is 2.06 bits per heavy atom. The van der Waals surface area contributed by atoms with Gasteiger partial charge in [0.15, 0.2) is 0 Å². The molecule has 1 aromatic carbocycles. The van der Waals surface area contributed by atoms with Crippen LogP contribution in [0.5, 0.6) is 5.75 Å². The number of hydrogen-bond acceptors (Lipinski definition) is 5. The van der Waals surface area contributed by atoms with E-state index in [0.717, 1.165) is 25.0 Å². The number of ether oxygens (including phenoxy) is 2. The van der Waals surface area contributed by atoms with Gasteiger partial charge in [0.2, 0.25) is 0 Å². The third kappa shape index (κ3) is 9.02. The van der Waals surface area contributed by atoms with Crippen LogP contribution < -0.4 is 4.74 Å². The smallest absolute Gasteiger partial charge is 0.416 e. The number of hydrogen-bond donors (Lipinski definition) is 3. The lowest BCUT2D eigenvalue weighted by Gasteiger charge is -2.16. The minimum Gasteiger partial charge on any atom is -0.491 e. The molecule has 1 saturated heterocycles. The largest absolute Gasteiger partial charge is 0.491 e. The Morgan fingerprint density at radius 3 is 2.78 bits per heavy atom. The van der Waals surface area contributed by atoms with E-state index in [9.17, 15) is 28.2 Å². The number of carboxylic acid groups (broad SMARTS) is 1. The quantitative estimate of drug-likeness (QED) is 0.324. The lowest BCUT2D eigenvalue weighted by Crippen LogP contribution is -2.23. The maximum absolute atomic E-state index is 12.7. The molecule has 32 heavy (non-hydrogen) atoms. The summed E-state index contributed by atoms with van der Waals surface area (Å²) in [6.07, 6.45) is 3.20.